The van der Waals surface area contributed by atoms with Gasteiger partial charge in [-0.1, -0.05) is 5.21 Å². The van der Waals surface area contributed by atoms with E-state index in [1.165, 1.54) is 20.0 Å². The highest BCUT2D eigenvalue weighted by Gasteiger charge is 2.50. The van der Waals surface area contributed by atoms with Crippen molar-refractivity contribution in [3.05, 3.63) is 28.6 Å². The van der Waals surface area contributed by atoms with Gasteiger partial charge in [0.05, 0.1) is 25.7 Å². The third-order valence-corrected chi connectivity index (χ3v) is 9.71. The number of phosphoric ester groups is 2. The monoisotopic (exact) mass is 714 g/mol. The number of imidazole rings is 1. The van der Waals surface area contributed by atoms with E-state index < -0.39 is 88.7 Å². The molecule has 2 unspecified atom stereocenters. The number of aromatic nitrogens is 7. The molecule has 0 bridgehead atoms. The minimum atomic E-state index is -5.67. The molecule has 0 aromatic carbocycles. The van der Waals surface area contributed by atoms with Gasteiger partial charge in [0.25, 0.3) is 5.56 Å². The number of hydrogen-bond donors (Lipinski definition) is 10. The lowest BCUT2D eigenvalue weighted by Crippen LogP contribution is -2.58. The lowest BCUT2D eigenvalue weighted by atomic mass is 9.99. The van der Waals surface area contributed by atoms with Gasteiger partial charge in [0.2, 0.25) is 5.95 Å². The highest BCUT2D eigenvalue weighted by Crippen LogP contribution is 2.61. The number of nitrogens with zero attached hydrogens (tertiary/aromatic N) is 6. The molecule has 2 saturated heterocycles. The molecule has 0 spiro atoms. The summed E-state index contributed by atoms with van der Waals surface area (Å²) in [5.74, 6) is -0.283. The number of nitrogens with two attached hydrogens (primary N) is 1. The SMILES string of the molecule is CC(C)(O)c1cn(C[C@@H]2O[C@H](OP(=O)(O)OP(=O)(O)OC[C@H]3O[C@@H](n4cnc5c(=O)[nH]c(N)nc54)[C@H](O)[C@@H]3O)[C@@H](O)[C@H](O)[C@@H]2O)nn1. The van der Waals surface area contributed by atoms with Gasteiger partial charge in [0, 0.05) is 0 Å². The largest absolute Gasteiger partial charge is 0.483 e. The average molecular weight is 714 g/mol. The average Bonchev–Trinajstić information content (AvgIpc) is 3.67. The highest BCUT2D eigenvalue weighted by atomic mass is 31.3. The quantitative estimate of drug-likeness (QED) is 0.0843. The summed E-state index contributed by atoms with van der Waals surface area (Å²) in [6, 6.07) is 0. The number of aromatic amines is 1. The number of hydrogen-bond acceptors (Lipinski definition) is 19. The Labute approximate surface area is 262 Å². The zero-order valence-corrected chi connectivity index (χ0v) is 26.1. The molecule has 0 radical (unpaired) electrons. The van der Waals surface area contributed by atoms with Crippen LogP contribution in [0.15, 0.2) is 17.3 Å². The Morgan fingerprint density at radius 2 is 1.70 bits per heavy atom. The van der Waals surface area contributed by atoms with Gasteiger partial charge < -0.3 is 55.6 Å². The second-order valence-corrected chi connectivity index (χ2v) is 14.1. The molecule has 0 amide bonds. The van der Waals surface area contributed by atoms with Crippen molar-refractivity contribution in [2.75, 3.05) is 12.3 Å². The number of anilines is 1. The third-order valence-electron chi connectivity index (χ3n) is 7.11. The Balaban J connectivity index is 1.21. The van der Waals surface area contributed by atoms with Crippen molar-refractivity contribution in [2.45, 2.75) is 81.2 Å². The van der Waals surface area contributed by atoms with E-state index in [0.717, 1.165) is 15.6 Å². The first-order valence-electron chi connectivity index (χ1n) is 13.5. The van der Waals surface area contributed by atoms with Crippen LogP contribution < -0.4 is 11.3 Å². The number of fused-ring (bicyclic) bond motifs is 1. The summed E-state index contributed by atoms with van der Waals surface area (Å²) in [5.41, 5.74) is 3.33. The summed E-state index contributed by atoms with van der Waals surface area (Å²) in [6.45, 7) is 1.50. The maximum absolute atomic E-state index is 12.6. The number of nitrogens with one attached hydrogen (secondary N) is 1. The molecule has 24 nitrogen and oxygen atoms in total. The van der Waals surface area contributed by atoms with Crippen LogP contribution in [0.25, 0.3) is 11.2 Å². The van der Waals surface area contributed by atoms with E-state index in [4.69, 9.17) is 15.2 Å². The van der Waals surface area contributed by atoms with Gasteiger partial charge in [-0.25, -0.2) is 18.8 Å². The van der Waals surface area contributed by atoms with E-state index in [0.29, 0.717) is 0 Å². The fourth-order valence-corrected chi connectivity index (χ4v) is 6.86. The molecule has 2 fully saturated rings. The maximum Gasteiger partial charge on any atom is 0.483 e. The number of ether oxygens (including phenoxy) is 2. The van der Waals surface area contributed by atoms with Crippen LogP contribution in [-0.4, -0.2) is 131 Å². The van der Waals surface area contributed by atoms with Crippen molar-refractivity contribution < 1.29 is 72.4 Å². The molecule has 0 aliphatic carbocycles. The smallest absolute Gasteiger partial charge is 0.388 e. The van der Waals surface area contributed by atoms with Gasteiger partial charge in [0.1, 0.15) is 54.0 Å². The van der Waals surface area contributed by atoms with Crippen LogP contribution in [-0.2, 0) is 44.1 Å². The first-order chi connectivity index (χ1) is 21.8. The van der Waals surface area contributed by atoms with Crippen LogP contribution in [0.2, 0.25) is 0 Å². The van der Waals surface area contributed by atoms with Crippen LogP contribution in [0.5, 0.6) is 0 Å². The summed E-state index contributed by atoms with van der Waals surface area (Å²) in [4.78, 5) is 42.3. The predicted octanol–water partition coefficient (Wildman–Crippen LogP) is -4.10. The summed E-state index contributed by atoms with van der Waals surface area (Å²) in [6.07, 6.45) is -13.7. The minimum absolute atomic E-state index is 0.120. The standard InChI is InChI=1S/C21H32N8O16P2/c1-21(2,36)9-4-28(27-26-9)3-7-11(30)13(32)15(34)19(43-7)44-47(39,40)45-46(37,38)41-5-8-12(31)14(33)18(42-8)29-6-23-10-16(29)24-20(22)25-17(10)35/h4,6-8,11-15,18-19,30-34,36H,3,5H2,1-2H3,(H,37,38)(H,39,40)(H3,22,24,25,35)/t7-,8+,11+,12+,13+,14+,15-,18+,19+/m0/s1. The number of nitrogen functional groups attached to an aromatic ring is 1. The van der Waals surface area contributed by atoms with Crippen LogP contribution in [0.1, 0.15) is 25.8 Å². The maximum atomic E-state index is 12.6. The van der Waals surface area contributed by atoms with Crippen LogP contribution >= 0.6 is 15.6 Å². The molecule has 0 saturated carbocycles. The molecule has 2 aliphatic heterocycles. The van der Waals surface area contributed by atoms with E-state index in [2.05, 4.69) is 38.6 Å². The molecule has 5 heterocycles. The molecular weight excluding hydrogens is 682 g/mol. The molecular formula is C21H32N8O16P2. The normalized spacial score (nSPS) is 32.8. The third kappa shape index (κ3) is 7.62. The molecule has 3 aromatic rings. The second kappa shape index (κ2) is 12.9. The number of rotatable bonds is 11. The summed E-state index contributed by atoms with van der Waals surface area (Å²) < 4.78 is 51.8. The fourth-order valence-electron chi connectivity index (χ4n) is 4.70. The van der Waals surface area contributed by atoms with E-state index in [1.54, 1.807) is 0 Å². The van der Waals surface area contributed by atoms with Gasteiger partial charge >= 0.3 is 15.6 Å². The van der Waals surface area contributed by atoms with Gasteiger partial charge in [0.15, 0.2) is 23.7 Å². The molecule has 11 N–H and O–H groups in total. The van der Waals surface area contributed by atoms with E-state index >= 15 is 0 Å². The fraction of sp³-hybridized carbons (Fsp3) is 0.667. The zero-order chi connectivity index (χ0) is 34.6. The Bertz CT molecular complexity index is 1740. The molecule has 3 aromatic heterocycles. The van der Waals surface area contributed by atoms with Crippen molar-refractivity contribution in [3.63, 3.8) is 0 Å². The predicted molar refractivity (Wildman–Crippen MR) is 148 cm³/mol. The van der Waals surface area contributed by atoms with Gasteiger partial charge in [-0.05, 0) is 13.8 Å². The Hall–Kier alpha value is -2.77. The number of phosphoric acid groups is 2. The molecule has 2 aliphatic rings. The van der Waals surface area contributed by atoms with Crippen molar-refractivity contribution >= 4 is 32.8 Å². The first kappa shape index (κ1) is 35.5. The summed E-state index contributed by atoms with van der Waals surface area (Å²) in [7, 11) is -11.2. The van der Waals surface area contributed by atoms with Gasteiger partial charge in [-0.3, -0.25) is 23.4 Å². The summed E-state index contributed by atoms with van der Waals surface area (Å²) >= 11 is 0. The number of H-pyrrole nitrogens is 1. The van der Waals surface area contributed by atoms with E-state index in [1.807, 2.05) is 0 Å². The lowest BCUT2D eigenvalue weighted by Gasteiger charge is -2.40. The van der Waals surface area contributed by atoms with Crippen molar-refractivity contribution in [3.8, 4) is 0 Å². The Kier molecular flexibility index (Phi) is 9.77. The van der Waals surface area contributed by atoms with Crippen LogP contribution in [0.3, 0.4) is 0 Å². The Morgan fingerprint density at radius 3 is 2.36 bits per heavy atom. The molecule has 26 heteroatoms. The van der Waals surface area contributed by atoms with E-state index in [9.17, 15) is 54.4 Å². The minimum Gasteiger partial charge on any atom is -0.388 e. The lowest BCUT2D eigenvalue weighted by molar-refractivity contribution is -0.278. The van der Waals surface area contributed by atoms with Gasteiger partial charge in [-0.15, -0.1) is 5.10 Å². The second-order valence-electron chi connectivity index (χ2n) is 11.1. The van der Waals surface area contributed by atoms with Crippen molar-refractivity contribution in [1.82, 2.24) is 34.5 Å². The molecule has 11 atom stereocenters. The van der Waals surface area contributed by atoms with Crippen molar-refractivity contribution in [1.29, 1.82) is 0 Å². The first-order valence-corrected chi connectivity index (χ1v) is 16.5. The van der Waals surface area contributed by atoms with Gasteiger partial charge in [-0.2, -0.15) is 9.29 Å². The Morgan fingerprint density at radius 1 is 1.02 bits per heavy atom. The molecule has 5 rings (SSSR count). The zero-order valence-electron chi connectivity index (χ0n) is 24.3. The number of aliphatic hydroxyl groups excluding tert-OH is 5. The van der Waals surface area contributed by atoms with Crippen LogP contribution in [0.4, 0.5) is 5.95 Å². The number of aliphatic hydroxyl groups is 6. The molecule has 262 valence electrons. The topological polar surface area (TPSA) is 362 Å². The van der Waals surface area contributed by atoms with Crippen LogP contribution in [0, 0.1) is 0 Å². The van der Waals surface area contributed by atoms with E-state index in [-0.39, 0.29) is 29.4 Å². The highest BCUT2D eigenvalue weighted by molar-refractivity contribution is 7.61. The van der Waals surface area contributed by atoms with Crippen molar-refractivity contribution in [2.24, 2.45) is 0 Å². The molecule has 47 heavy (non-hydrogen) atoms. The summed E-state index contributed by atoms with van der Waals surface area (Å²) in [5, 5.41) is 69.5.